The van der Waals surface area contributed by atoms with Crippen molar-refractivity contribution in [3.05, 3.63) is 28.8 Å². The van der Waals surface area contributed by atoms with Crippen molar-refractivity contribution in [1.82, 2.24) is 4.72 Å². The Labute approximate surface area is 127 Å². The lowest BCUT2D eigenvalue weighted by atomic mass is 10.2. The molecule has 7 nitrogen and oxygen atoms in total. The zero-order valence-corrected chi connectivity index (χ0v) is 12.7. The SMILES string of the molecule is Cc1c(Cl)cccc1S(=O)(=O)NC(CCC(N)=O)C(=O)O. The van der Waals surface area contributed by atoms with E-state index in [1.165, 1.54) is 25.1 Å². The van der Waals surface area contributed by atoms with E-state index in [4.69, 9.17) is 22.4 Å². The molecule has 1 amide bonds. The maximum atomic E-state index is 12.2. The number of benzene rings is 1. The Morgan fingerprint density at radius 1 is 1.43 bits per heavy atom. The highest BCUT2D eigenvalue weighted by Crippen LogP contribution is 2.23. The highest BCUT2D eigenvalue weighted by molar-refractivity contribution is 7.89. The fraction of sp³-hybridized carbons (Fsp3) is 0.333. The first-order valence-corrected chi connectivity index (χ1v) is 7.80. The first kappa shape index (κ1) is 17.4. The van der Waals surface area contributed by atoms with Gasteiger partial charge in [-0.2, -0.15) is 4.72 Å². The zero-order chi connectivity index (χ0) is 16.2. The molecule has 0 saturated heterocycles. The van der Waals surface area contributed by atoms with Crippen molar-refractivity contribution in [2.24, 2.45) is 5.73 Å². The molecule has 0 aliphatic rings. The van der Waals surface area contributed by atoms with Crippen LogP contribution in [0.2, 0.25) is 5.02 Å². The lowest BCUT2D eigenvalue weighted by Crippen LogP contribution is -2.41. The minimum Gasteiger partial charge on any atom is -0.480 e. The number of carbonyl (C=O) groups excluding carboxylic acids is 1. The van der Waals surface area contributed by atoms with Crippen molar-refractivity contribution >= 4 is 33.5 Å². The molecule has 1 atom stereocenters. The molecule has 1 aromatic rings. The monoisotopic (exact) mass is 334 g/mol. The summed E-state index contributed by atoms with van der Waals surface area (Å²) in [6.07, 6.45) is -0.475. The fourth-order valence-corrected chi connectivity index (χ4v) is 3.37. The van der Waals surface area contributed by atoms with Crippen LogP contribution in [-0.2, 0) is 19.6 Å². The lowest BCUT2D eigenvalue weighted by Gasteiger charge is -2.15. The molecule has 0 fully saturated rings. The van der Waals surface area contributed by atoms with Gasteiger partial charge in [-0.3, -0.25) is 9.59 Å². The van der Waals surface area contributed by atoms with Gasteiger partial charge in [0.1, 0.15) is 6.04 Å². The summed E-state index contributed by atoms with van der Waals surface area (Å²) >= 11 is 5.85. The minimum atomic E-state index is -4.07. The van der Waals surface area contributed by atoms with Crippen molar-refractivity contribution in [3.63, 3.8) is 0 Å². The van der Waals surface area contributed by atoms with E-state index in [9.17, 15) is 18.0 Å². The Kier molecular flexibility index (Phi) is 5.70. The van der Waals surface area contributed by atoms with Gasteiger partial charge < -0.3 is 10.8 Å². The van der Waals surface area contributed by atoms with Crippen LogP contribution in [0.5, 0.6) is 0 Å². The van der Waals surface area contributed by atoms with E-state index >= 15 is 0 Å². The highest BCUT2D eigenvalue weighted by atomic mass is 35.5. The summed E-state index contributed by atoms with van der Waals surface area (Å²) in [4.78, 5) is 21.7. The Hall–Kier alpha value is -1.64. The van der Waals surface area contributed by atoms with Gasteiger partial charge in [0, 0.05) is 11.4 Å². The van der Waals surface area contributed by atoms with Gasteiger partial charge in [0.2, 0.25) is 15.9 Å². The molecular formula is C12H15ClN2O5S. The van der Waals surface area contributed by atoms with E-state index in [1.54, 1.807) is 0 Å². The number of hydrogen-bond donors (Lipinski definition) is 3. The predicted octanol–water partition coefficient (Wildman–Crippen LogP) is 0.645. The average molecular weight is 335 g/mol. The number of rotatable bonds is 7. The van der Waals surface area contributed by atoms with Gasteiger partial charge in [-0.25, -0.2) is 8.42 Å². The van der Waals surface area contributed by atoms with Crippen LogP contribution < -0.4 is 10.5 Å². The molecule has 0 aliphatic carbocycles. The van der Waals surface area contributed by atoms with E-state index < -0.39 is 27.9 Å². The second-order valence-electron chi connectivity index (χ2n) is 4.38. The lowest BCUT2D eigenvalue weighted by molar-refractivity contribution is -0.139. The van der Waals surface area contributed by atoms with Crippen molar-refractivity contribution in [3.8, 4) is 0 Å². The number of amides is 1. The predicted molar refractivity (Wildman–Crippen MR) is 76.4 cm³/mol. The number of carboxylic acid groups (broad SMARTS) is 1. The van der Waals surface area contributed by atoms with Crippen LogP contribution in [0.25, 0.3) is 0 Å². The normalized spacial score (nSPS) is 12.9. The maximum Gasteiger partial charge on any atom is 0.321 e. The van der Waals surface area contributed by atoms with Crippen LogP contribution in [0.1, 0.15) is 18.4 Å². The number of hydrogen-bond acceptors (Lipinski definition) is 4. The molecule has 1 unspecified atom stereocenters. The molecule has 21 heavy (non-hydrogen) atoms. The molecule has 1 aromatic carbocycles. The van der Waals surface area contributed by atoms with Gasteiger partial charge in [-0.05, 0) is 31.0 Å². The molecule has 0 bridgehead atoms. The summed E-state index contributed by atoms with van der Waals surface area (Å²) < 4.78 is 26.5. The van der Waals surface area contributed by atoms with Crippen molar-refractivity contribution in [2.45, 2.75) is 30.7 Å². The van der Waals surface area contributed by atoms with Crippen molar-refractivity contribution in [1.29, 1.82) is 0 Å². The van der Waals surface area contributed by atoms with Gasteiger partial charge in [0.15, 0.2) is 0 Å². The number of primary amides is 1. The summed E-state index contributed by atoms with van der Waals surface area (Å²) in [6, 6.07) is 2.85. The van der Waals surface area contributed by atoms with Crippen LogP contribution in [0.4, 0.5) is 0 Å². The molecular weight excluding hydrogens is 320 g/mol. The van der Waals surface area contributed by atoms with Crippen LogP contribution in [0.15, 0.2) is 23.1 Å². The molecule has 116 valence electrons. The van der Waals surface area contributed by atoms with E-state index in [2.05, 4.69) is 0 Å². The van der Waals surface area contributed by atoms with Gasteiger partial charge in [-0.1, -0.05) is 17.7 Å². The number of halogens is 1. The number of carboxylic acids is 1. The second kappa shape index (κ2) is 6.88. The molecule has 1 rings (SSSR count). The van der Waals surface area contributed by atoms with Crippen molar-refractivity contribution in [2.75, 3.05) is 0 Å². The Morgan fingerprint density at radius 2 is 2.05 bits per heavy atom. The molecule has 0 heterocycles. The number of sulfonamides is 1. The highest BCUT2D eigenvalue weighted by Gasteiger charge is 2.27. The van der Waals surface area contributed by atoms with Crippen LogP contribution in [0, 0.1) is 6.92 Å². The van der Waals surface area contributed by atoms with Crippen LogP contribution in [0.3, 0.4) is 0 Å². The zero-order valence-electron chi connectivity index (χ0n) is 11.2. The molecule has 0 spiro atoms. The quantitative estimate of drug-likeness (QED) is 0.674. The average Bonchev–Trinajstić information content (AvgIpc) is 2.37. The van der Waals surface area contributed by atoms with E-state index in [0.29, 0.717) is 5.56 Å². The molecule has 0 aromatic heterocycles. The topological polar surface area (TPSA) is 127 Å². The standard InChI is InChI=1S/C12H15ClN2O5S/c1-7-8(13)3-2-4-10(7)21(19,20)15-9(12(17)18)5-6-11(14)16/h2-4,9,15H,5-6H2,1H3,(H2,14,16)(H,17,18). The Bertz CT molecular complexity index is 660. The summed E-state index contributed by atoms with van der Waals surface area (Å²) in [7, 11) is -4.07. The molecule has 0 saturated carbocycles. The Balaban J connectivity index is 3.03. The molecule has 9 heteroatoms. The molecule has 4 N–H and O–H groups in total. The van der Waals surface area contributed by atoms with E-state index in [-0.39, 0.29) is 22.8 Å². The van der Waals surface area contributed by atoms with Crippen LogP contribution in [-0.4, -0.2) is 31.4 Å². The summed E-state index contributed by atoms with van der Waals surface area (Å²) in [5.74, 6) is -2.10. The van der Waals surface area contributed by atoms with E-state index in [0.717, 1.165) is 0 Å². The minimum absolute atomic E-state index is 0.111. The van der Waals surface area contributed by atoms with Gasteiger partial charge in [-0.15, -0.1) is 0 Å². The molecule has 0 aliphatic heterocycles. The van der Waals surface area contributed by atoms with E-state index in [1.807, 2.05) is 4.72 Å². The second-order valence-corrected chi connectivity index (χ2v) is 6.47. The first-order chi connectivity index (χ1) is 9.65. The van der Waals surface area contributed by atoms with Gasteiger partial charge >= 0.3 is 5.97 Å². The van der Waals surface area contributed by atoms with Gasteiger partial charge in [0.25, 0.3) is 0 Å². The maximum absolute atomic E-state index is 12.2. The number of aliphatic carboxylic acids is 1. The summed E-state index contributed by atoms with van der Waals surface area (Å²) in [5, 5.41) is 9.27. The first-order valence-electron chi connectivity index (χ1n) is 5.93. The van der Waals surface area contributed by atoms with Gasteiger partial charge in [0.05, 0.1) is 4.90 Å². The third-order valence-corrected chi connectivity index (χ3v) is 4.81. The number of carbonyl (C=O) groups is 2. The third kappa shape index (κ3) is 4.69. The molecule has 0 radical (unpaired) electrons. The number of nitrogens with two attached hydrogens (primary N) is 1. The Morgan fingerprint density at radius 3 is 2.57 bits per heavy atom. The summed E-state index contributed by atoms with van der Waals surface area (Å²) in [5.41, 5.74) is 5.24. The largest absolute Gasteiger partial charge is 0.480 e. The van der Waals surface area contributed by atoms with Crippen LogP contribution >= 0.6 is 11.6 Å². The summed E-state index contributed by atoms with van der Waals surface area (Å²) in [6.45, 7) is 1.51. The smallest absolute Gasteiger partial charge is 0.321 e. The number of nitrogens with one attached hydrogen (secondary N) is 1. The van der Waals surface area contributed by atoms with Crippen molar-refractivity contribution < 1.29 is 23.1 Å². The third-order valence-electron chi connectivity index (χ3n) is 2.78. The fourth-order valence-electron chi connectivity index (χ4n) is 1.65.